The maximum Gasteiger partial charge on any atom is 0.267 e. The maximum absolute atomic E-state index is 12.8. The molecule has 0 saturated heterocycles. The van der Waals surface area contributed by atoms with Gasteiger partial charge in [-0.15, -0.1) is 11.3 Å². The number of aromatic nitrogens is 1. The van der Waals surface area contributed by atoms with Crippen LogP contribution >= 0.6 is 22.9 Å². The highest BCUT2D eigenvalue weighted by molar-refractivity contribution is 7.13. The molecule has 10 heteroatoms. The fourth-order valence-electron chi connectivity index (χ4n) is 3.09. The number of anilines is 2. The third-order valence-electron chi connectivity index (χ3n) is 6.11. The highest BCUT2D eigenvalue weighted by Crippen LogP contribution is 2.36. The number of halogens is 1. The quantitative estimate of drug-likeness (QED) is 0.224. The molecule has 0 spiro atoms. The summed E-state index contributed by atoms with van der Waals surface area (Å²) >= 11 is 7.00. The molecule has 0 radical (unpaired) electrons. The van der Waals surface area contributed by atoms with Crippen LogP contribution in [0.2, 0.25) is 23.2 Å². The molecule has 0 aliphatic rings. The largest absolute Gasteiger partial charge is 0.415 e. The minimum atomic E-state index is -1.77. The first kappa shape index (κ1) is 26.9. The summed E-state index contributed by atoms with van der Waals surface area (Å²) in [6, 6.07) is 10.9. The van der Waals surface area contributed by atoms with Gasteiger partial charge in [0, 0.05) is 29.4 Å². The number of rotatable bonds is 9. The fraction of sp³-hybridized carbons (Fsp3) is 0.320. The number of hydrogen-bond donors (Lipinski definition) is 3. The van der Waals surface area contributed by atoms with Crippen LogP contribution in [0.1, 0.15) is 40.8 Å². The normalized spacial score (nSPS) is 11.8. The molecule has 2 heterocycles. The Labute approximate surface area is 216 Å². The Morgan fingerprint density at radius 1 is 1.14 bits per heavy atom. The second kappa shape index (κ2) is 10.9. The van der Waals surface area contributed by atoms with Gasteiger partial charge in [0.25, 0.3) is 11.8 Å². The Morgan fingerprint density at radius 3 is 2.40 bits per heavy atom. The van der Waals surface area contributed by atoms with Crippen molar-refractivity contribution in [1.82, 2.24) is 4.98 Å². The zero-order chi connectivity index (χ0) is 25.8. The van der Waals surface area contributed by atoms with Gasteiger partial charge in [-0.2, -0.15) is 0 Å². The molecule has 0 unspecified atom stereocenters. The molecule has 1 aromatic carbocycles. The van der Waals surface area contributed by atoms with Gasteiger partial charge in [0.1, 0.15) is 10.7 Å². The SMILES string of the molecule is CC(C)(C)[Si](C)(C)OCCNc1ccc(-c2csc(C(=O)Nc3ccc(Cl)cn3)c2C(N)=O)cc1. The molecule has 0 aliphatic carbocycles. The zero-order valence-electron chi connectivity index (χ0n) is 20.6. The average molecular weight is 531 g/mol. The Morgan fingerprint density at radius 2 is 1.83 bits per heavy atom. The maximum atomic E-state index is 12.8. The zero-order valence-corrected chi connectivity index (χ0v) is 23.1. The van der Waals surface area contributed by atoms with Crippen LogP contribution in [0.5, 0.6) is 0 Å². The van der Waals surface area contributed by atoms with Gasteiger partial charge in [-0.25, -0.2) is 4.98 Å². The van der Waals surface area contributed by atoms with Crippen LogP contribution in [0, 0.1) is 0 Å². The number of nitrogens with two attached hydrogens (primary N) is 1. The third-order valence-corrected chi connectivity index (χ3v) is 11.8. The van der Waals surface area contributed by atoms with Gasteiger partial charge in [-0.05, 0) is 48.0 Å². The molecule has 3 aromatic rings. The van der Waals surface area contributed by atoms with E-state index in [1.54, 1.807) is 17.5 Å². The number of hydrogen-bond acceptors (Lipinski definition) is 6. The van der Waals surface area contributed by atoms with Crippen LogP contribution in [-0.2, 0) is 4.43 Å². The van der Waals surface area contributed by atoms with Crippen molar-refractivity contribution < 1.29 is 14.0 Å². The molecule has 0 saturated carbocycles. The minimum Gasteiger partial charge on any atom is -0.415 e. The smallest absolute Gasteiger partial charge is 0.267 e. The van der Waals surface area contributed by atoms with E-state index < -0.39 is 20.1 Å². The van der Waals surface area contributed by atoms with Gasteiger partial charge >= 0.3 is 0 Å². The molecule has 3 rings (SSSR count). The van der Waals surface area contributed by atoms with Crippen LogP contribution in [-0.4, -0.2) is 38.3 Å². The van der Waals surface area contributed by atoms with Gasteiger partial charge in [-0.3, -0.25) is 9.59 Å². The van der Waals surface area contributed by atoms with Gasteiger partial charge in [0.2, 0.25) is 0 Å². The van der Waals surface area contributed by atoms with Crippen LogP contribution in [0.25, 0.3) is 11.1 Å². The lowest BCUT2D eigenvalue weighted by Crippen LogP contribution is -2.41. The van der Waals surface area contributed by atoms with E-state index in [2.05, 4.69) is 49.5 Å². The number of nitrogens with one attached hydrogen (secondary N) is 2. The second-order valence-electron chi connectivity index (χ2n) is 9.65. The lowest BCUT2D eigenvalue weighted by atomic mass is 10.0. The standard InChI is InChI=1S/C25H31ClN4O3SSi/c1-25(2,3)35(4,5)33-13-12-28-18-9-6-16(7-10-18)19-15-34-22(21(19)23(27)31)24(32)30-20-11-8-17(26)14-29-20/h6-11,14-15,28H,12-13H2,1-5H3,(H2,27,31)(H,29,30,32). The second-order valence-corrected chi connectivity index (χ2v) is 15.8. The predicted molar refractivity (Wildman–Crippen MR) is 147 cm³/mol. The van der Waals surface area contributed by atoms with Gasteiger partial charge < -0.3 is 20.8 Å². The fourth-order valence-corrected chi connectivity index (χ4v) is 5.22. The van der Waals surface area contributed by atoms with E-state index in [4.69, 9.17) is 21.8 Å². The van der Waals surface area contributed by atoms with Crippen LogP contribution < -0.4 is 16.4 Å². The Kier molecular flexibility index (Phi) is 8.37. The van der Waals surface area contributed by atoms with Crippen molar-refractivity contribution in [3.05, 3.63) is 63.4 Å². The van der Waals surface area contributed by atoms with E-state index in [0.717, 1.165) is 22.6 Å². The first-order valence-corrected chi connectivity index (χ1v) is 15.4. The van der Waals surface area contributed by atoms with Gasteiger partial charge in [0.05, 0.1) is 17.2 Å². The van der Waals surface area contributed by atoms with Crippen molar-refractivity contribution in [2.75, 3.05) is 23.8 Å². The van der Waals surface area contributed by atoms with Crippen molar-refractivity contribution in [3.63, 3.8) is 0 Å². The van der Waals surface area contributed by atoms with E-state index in [1.165, 1.54) is 6.20 Å². The van der Waals surface area contributed by atoms with E-state index in [1.807, 2.05) is 24.3 Å². The number of amides is 2. The predicted octanol–water partition coefficient (Wildman–Crippen LogP) is 6.25. The number of thiophene rings is 1. The summed E-state index contributed by atoms with van der Waals surface area (Å²) in [7, 11) is -1.77. The summed E-state index contributed by atoms with van der Waals surface area (Å²) in [6.45, 7) is 12.5. The molecule has 2 amide bonds. The van der Waals surface area contributed by atoms with Gasteiger partial charge in [-0.1, -0.05) is 44.5 Å². The summed E-state index contributed by atoms with van der Waals surface area (Å²) in [5.74, 6) is -0.789. The molecule has 0 bridgehead atoms. The van der Waals surface area contributed by atoms with E-state index >= 15 is 0 Å². The Balaban J connectivity index is 1.69. The summed E-state index contributed by atoms with van der Waals surface area (Å²) in [5, 5.41) is 8.44. The first-order chi connectivity index (χ1) is 16.4. The first-order valence-electron chi connectivity index (χ1n) is 11.2. The molecule has 2 aromatic heterocycles. The minimum absolute atomic E-state index is 0.175. The molecule has 0 aliphatic heterocycles. The molecule has 35 heavy (non-hydrogen) atoms. The van der Waals surface area contributed by atoms with Crippen molar-refractivity contribution in [1.29, 1.82) is 0 Å². The van der Waals surface area contributed by atoms with Crippen LogP contribution in [0.15, 0.2) is 48.0 Å². The van der Waals surface area contributed by atoms with Gasteiger partial charge in [0.15, 0.2) is 8.32 Å². The lowest BCUT2D eigenvalue weighted by Gasteiger charge is -2.36. The molecular formula is C25H31ClN4O3SSi. The van der Waals surface area contributed by atoms with Crippen molar-refractivity contribution in [3.8, 4) is 11.1 Å². The summed E-state index contributed by atoms with van der Waals surface area (Å²) in [5.41, 5.74) is 8.19. The average Bonchev–Trinajstić information content (AvgIpc) is 3.24. The topological polar surface area (TPSA) is 106 Å². The molecule has 0 atom stereocenters. The molecule has 186 valence electrons. The van der Waals surface area contributed by atoms with Crippen LogP contribution in [0.3, 0.4) is 0 Å². The van der Waals surface area contributed by atoms with E-state index in [0.29, 0.717) is 29.6 Å². The summed E-state index contributed by atoms with van der Waals surface area (Å²) in [4.78, 5) is 29.4. The van der Waals surface area contributed by atoms with E-state index in [9.17, 15) is 9.59 Å². The molecule has 4 N–H and O–H groups in total. The summed E-state index contributed by atoms with van der Waals surface area (Å²) < 4.78 is 6.20. The molecule has 7 nitrogen and oxygen atoms in total. The number of benzene rings is 1. The highest BCUT2D eigenvalue weighted by Gasteiger charge is 2.36. The molecule has 0 fully saturated rings. The van der Waals surface area contributed by atoms with E-state index in [-0.39, 0.29) is 15.5 Å². The number of pyridine rings is 1. The summed E-state index contributed by atoms with van der Waals surface area (Å²) in [6.07, 6.45) is 1.43. The Hall–Kier alpha value is -2.72. The number of nitrogens with zero attached hydrogens (tertiary/aromatic N) is 1. The Bertz CT molecular complexity index is 1190. The third kappa shape index (κ3) is 6.70. The lowest BCUT2D eigenvalue weighted by molar-refractivity contribution is 0.0980. The number of carbonyl (C=O) groups excluding carboxylic acids is 2. The highest BCUT2D eigenvalue weighted by atomic mass is 35.5. The monoisotopic (exact) mass is 530 g/mol. The number of primary amides is 1. The van der Waals surface area contributed by atoms with Crippen LogP contribution in [0.4, 0.5) is 11.5 Å². The van der Waals surface area contributed by atoms with Crippen molar-refractivity contribution in [2.24, 2.45) is 5.73 Å². The van der Waals surface area contributed by atoms with Crippen molar-refractivity contribution >= 4 is 54.6 Å². The van der Waals surface area contributed by atoms with Crippen molar-refractivity contribution in [2.45, 2.75) is 38.9 Å². The molecular weight excluding hydrogens is 500 g/mol. The number of carbonyl (C=O) groups is 2.